The number of halogens is 1. The lowest BCUT2D eigenvalue weighted by atomic mass is 10.3. The van der Waals surface area contributed by atoms with Crippen molar-refractivity contribution in [2.45, 2.75) is 19.8 Å². The molecule has 0 spiro atoms. The van der Waals surface area contributed by atoms with Crippen molar-refractivity contribution in [1.29, 1.82) is 0 Å². The Morgan fingerprint density at radius 1 is 1.38 bits per heavy atom. The molecule has 0 aromatic heterocycles. The van der Waals surface area contributed by atoms with Gasteiger partial charge in [-0.1, -0.05) is 29.3 Å². The fourth-order valence-corrected chi connectivity index (χ4v) is 1.44. The lowest BCUT2D eigenvalue weighted by Gasteiger charge is -2.16. The normalized spacial score (nSPS) is 9.94. The zero-order valence-electron chi connectivity index (χ0n) is 9.57. The molecule has 88 valence electrons. The first-order valence-electron chi connectivity index (χ1n) is 5.31. The van der Waals surface area contributed by atoms with Crippen LogP contribution in [0.3, 0.4) is 0 Å². The van der Waals surface area contributed by atoms with Crippen LogP contribution in [-0.2, 0) is 4.74 Å². The van der Waals surface area contributed by atoms with Crippen molar-refractivity contribution in [3.63, 3.8) is 0 Å². The van der Waals surface area contributed by atoms with E-state index in [1.807, 2.05) is 24.3 Å². The monoisotopic (exact) mass is 285 g/mol. The van der Waals surface area contributed by atoms with Gasteiger partial charge < -0.3 is 4.74 Å². The van der Waals surface area contributed by atoms with Crippen molar-refractivity contribution in [1.82, 2.24) is 0 Å². The minimum atomic E-state index is -0.309. The molecule has 3 nitrogen and oxygen atoms in total. The van der Waals surface area contributed by atoms with Crippen molar-refractivity contribution in [3.05, 3.63) is 28.7 Å². The summed E-state index contributed by atoms with van der Waals surface area (Å²) < 4.78 is 6.09. The quantitative estimate of drug-likeness (QED) is 0.787. The lowest BCUT2D eigenvalue weighted by molar-refractivity contribution is 0.153. The second-order valence-corrected chi connectivity index (χ2v) is 4.42. The van der Waals surface area contributed by atoms with E-state index in [0.29, 0.717) is 6.61 Å². The molecule has 1 rings (SSSR count). The van der Waals surface area contributed by atoms with E-state index < -0.39 is 0 Å². The SMILES string of the molecule is CCCCOC(=O)N(C)c1ccc(Br)cc1. The number of hydrogen-bond acceptors (Lipinski definition) is 2. The number of rotatable bonds is 4. The number of anilines is 1. The highest BCUT2D eigenvalue weighted by Crippen LogP contribution is 2.17. The molecule has 0 aliphatic heterocycles. The molecule has 1 aromatic rings. The van der Waals surface area contributed by atoms with Crippen LogP contribution in [0, 0.1) is 0 Å². The van der Waals surface area contributed by atoms with Crippen LogP contribution < -0.4 is 4.90 Å². The number of ether oxygens (including phenoxy) is 1. The maximum absolute atomic E-state index is 11.6. The van der Waals surface area contributed by atoms with Crippen molar-refractivity contribution >= 4 is 27.7 Å². The van der Waals surface area contributed by atoms with Gasteiger partial charge in [0.05, 0.1) is 6.61 Å². The number of hydrogen-bond donors (Lipinski definition) is 0. The Kier molecular flexibility index (Phi) is 5.32. The second-order valence-electron chi connectivity index (χ2n) is 3.50. The molecule has 0 fully saturated rings. The van der Waals surface area contributed by atoms with E-state index in [9.17, 15) is 4.79 Å². The van der Waals surface area contributed by atoms with Crippen LogP contribution in [0.25, 0.3) is 0 Å². The highest BCUT2D eigenvalue weighted by molar-refractivity contribution is 9.10. The number of carbonyl (C=O) groups is 1. The first-order valence-corrected chi connectivity index (χ1v) is 6.10. The van der Waals surface area contributed by atoms with Gasteiger partial charge in [0.15, 0.2) is 0 Å². The maximum Gasteiger partial charge on any atom is 0.414 e. The molecule has 0 atom stereocenters. The molecule has 1 amide bonds. The molecule has 0 N–H and O–H groups in total. The zero-order valence-corrected chi connectivity index (χ0v) is 11.2. The first kappa shape index (κ1) is 13.0. The van der Waals surface area contributed by atoms with Crippen molar-refractivity contribution in [3.8, 4) is 0 Å². The molecule has 1 aromatic carbocycles. The van der Waals surface area contributed by atoms with E-state index in [-0.39, 0.29) is 6.09 Å². The number of unbranched alkanes of at least 4 members (excludes halogenated alkanes) is 1. The first-order chi connectivity index (χ1) is 7.65. The molecule has 0 aliphatic rings. The summed E-state index contributed by atoms with van der Waals surface area (Å²) in [5.74, 6) is 0. The minimum absolute atomic E-state index is 0.309. The van der Waals surface area contributed by atoms with Gasteiger partial charge in [-0.3, -0.25) is 4.90 Å². The third-order valence-corrected chi connectivity index (χ3v) is 2.74. The number of carbonyl (C=O) groups excluding carboxylic acids is 1. The van der Waals surface area contributed by atoms with Crippen LogP contribution in [-0.4, -0.2) is 19.7 Å². The summed E-state index contributed by atoms with van der Waals surface area (Å²) in [5.41, 5.74) is 0.824. The van der Waals surface area contributed by atoms with Gasteiger partial charge in [0, 0.05) is 17.2 Å². The summed E-state index contributed by atoms with van der Waals surface area (Å²) >= 11 is 3.35. The van der Waals surface area contributed by atoms with Crippen LogP contribution >= 0.6 is 15.9 Å². The Bertz CT molecular complexity index is 337. The largest absolute Gasteiger partial charge is 0.449 e. The van der Waals surface area contributed by atoms with E-state index >= 15 is 0 Å². The van der Waals surface area contributed by atoms with Crippen molar-refractivity contribution in [2.75, 3.05) is 18.6 Å². The molecular formula is C12H16BrNO2. The predicted molar refractivity (Wildman–Crippen MR) is 68.8 cm³/mol. The average Bonchev–Trinajstić information content (AvgIpc) is 2.29. The van der Waals surface area contributed by atoms with Gasteiger partial charge in [-0.05, 0) is 30.7 Å². The lowest BCUT2D eigenvalue weighted by Crippen LogP contribution is -2.27. The smallest absolute Gasteiger partial charge is 0.414 e. The van der Waals surface area contributed by atoms with Gasteiger partial charge >= 0.3 is 6.09 Å². The van der Waals surface area contributed by atoms with Gasteiger partial charge in [0.25, 0.3) is 0 Å². The van der Waals surface area contributed by atoms with Gasteiger partial charge in [-0.2, -0.15) is 0 Å². The third kappa shape index (κ3) is 3.85. The highest BCUT2D eigenvalue weighted by Gasteiger charge is 2.11. The molecule has 0 radical (unpaired) electrons. The molecule has 0 saturated carbocycles. The van der Waals surface area contributed by atoms with Gasteiger partial charge in [0.2, 0.25) is 0 Å². The average molecular weight is 286 g/mol. The van der Waals surface area contributed by atoms with E-state index in [0.717, 1.165) is 23.0 Å². The Labute approximate surface area is 105 Å². The Balaban J connectivity index is 2.53. The second kappa shape index (κ2) is 6.53. The number of nitrogens with zero attached hydrogens (tertiary/aromatic N) is 1. The summed E-state index contributed by atoms with van der Waals surface area (Å²) in [6.45, 7) is 2.54. The zero-order chi connectivity index (χ0) is 12.0. The fourth-order valence-electron chi connectivity index (χ4n) is 1.17. The highest BCUT2D eigenvalue weighted by atomic mass is 79.9. The summed E-state index contributed by atoms with van der Waals surface area (Å²) in [6.07, 6.45) is 1.62. The van der Waals surface area contributed by atoms with Crippen LogP contribution in [0.1, 0.15) is 19.8 Å². The molecule has 0 aliphatic carbocycles. The van der Waals surface area contributed by atoms with Crippen LogP contribution in [0.15, 0.2) is 28.7 Å². The minimum Gasteiger partial charge on any atom is -0.449 e. The van der Waals surface area contributed by atoms with Crippen LogP contribution in [0.4, 0.5) is 10.5 Å². The topological polar surface area (TPSA) is 29.5 Å². The summed E-state index contributed by atoms with van der Waals surface area (Å²) in [6, 6.07) is 7.52. The standard InChI is InChI=1S/C12H16BrNO2/c1-3-4-9-16-12(15)14(2)11-7-5-10(13)6-8-11/h5-8H,3-4,9H2,1-2H3. The number of amides is 1. The maximum atomic E-state index is 11.6. The molecule has 16 heavy (non-hydrogen) atoms. The number of benzene rings is 1. The predicted octanol–water partition coefficient (Wildman–Crippen LogP) is 3.82. The molecule has 0 saturated heterocycles. The summed E-state index contributed by atoms with van der Waals surface area (Å²) in [5, 5.41) is 0. The summed E-state index contributed by atoms with van der Waals surface area (Å²) in [4.78, 5) is 13.1. The summed E-state index contributed by atoms with van der Waals surface area (Å²) in [7, 11) is 1.71. The van der Waals surface area contributed by atoms with E-state index in [4.69, 9.17) is 4.74 Å². The fraction of sp³-hybridized carbons (Fsp3) is 0.417. The van der Waals surface area contributed by atoms with Crippen LogP contribution in [0.5, 0.6) is 0 Å². The van der Waals surface area contributed by atoms with Gasteiger partial charge in [-0.25, -0.2) is 4.79 Å². The molecular weight excluding hydrogens is 270 g/mol. The Morgan fingerprint density at radius 2 is 2.00 bits per heavy atom. The van der Waals surface area contributed by atoms with E-state index in [1.54, 1.807) is 7.05 Å². The van der Waals surface area contributed by atoms with E-state index in [1.165, 1.54) is 4.90 Å². The van der Waals surface area contributed by atoms with Crippen molar-refractivity contribution in [2.24, 2.45) is 0 Å². The Hall–Kier alpha value is -1.03. The van der Waals surface area contributed by atoms with E-state index in [2.05, 4.69) is 22.9 Å². The molecule has 0 bridgehead atoms. The molecule has 0 heterocycles. The van der Waals surface area contributed by atoms with Gasteiger partial charge in [0.1, 0.15) is 0 Å². The third-order valence-electron chi connectivity index (χ3n) is 2.21. The van der Waals surface area contributed by atoms with Gasteiger partial charge in [-0.15, -0.1) is 0 Å². The molecule has 4 heteroatoms. The van der Waals surface area contributed by atoms with Crippen molar-refractivity contribution < 1.29 is 9.53 Å². The van der Waals surface area contributed by atoms with Crippen LogP contribution in [0.2, 0.25) is 0 Å². The molecule has 0 unspecified atom stereocenters. The Morgan fingerprint density at radius 3 is 2.56 bits per heavy atom.